The summed E-state index contributed by atoms with van der Waals surface area (Å²) in [7, 11) is 0. The Labute approximate surface area is 101 Å². The molecule has 0 aromatic heterocycles. The third-order valence-electron chi connectivity index (χ3n) is 2.10. The molecule has 0 bridgehead atoms. The zero-order valence-corrected chi connectivity index (χ0v) is 10.4. The Hall–Kier alpha value is -0.280. The van der Waals surface area contributed by atoms with Gasteiger partial charge in [0.2, 0.25) is 0 Å². The van der Waals surface area contributed by atoms with Gasteiger partial charge in [0.25, 0.3) is 0 Å². The van der Waals surface area contributed by atoms with Crippen molar-refractivity contribution in [3.05, 3.63) is 33.8 Å². The predicted octanol–water partition coefficient (Wildman–Crippen LogP) is 2.99. The van der Waals surface area contributed by atoms with E-state index in [1.54, 1.807) is 12.1 Å². The van der Waals surface area contributed by atoms with Crippen molar-refractivity contribution in [2.45, 2.75) is 25.9 Å². The minimum absolute atomic E-state index is 0.0520. The van der Waals surface area contributed by atoms with Crippen LogP contribution < -0.4 is 11.1 Å². The minimum atomic E-state index is 0.0520. The van der Waals surface area contributed by atoms with Crippen molar-refractivity contribution >= 4 is 23.2 Å². The lowest BCUT2D eigenvalue weighted by atomic mass is 10.1. The first-order chi connectivity index (χ1) is 7.04. The molecular weight excluding hydrogens is 231 g/mol. The van der Waals surface area contributed by atoms with Crippen molar-refractivity contribution < 1.29 is 0 Å². The number of hydrogen-bond donors (Lipinski definition) is 2. The van der Waals surface area contributed by atoms with E-state index in [4.69, 9.17) is 28.9 Å². The van der Waals surface area contributed by atoms with Gasteiger partial charge >= 0.3 is 0 Å². The maximum absolute atomic E-state index is 6.10. The zero-order chi connectivity index (χ0) is 11.4. The van der Waals surface area contributed by atoms with Gasteiger partial charge in [-0.25, -0.2) is 0 Å². The van der Waals surface area contributed by atoms with Crippen LogP contribution in [0.1, 0.15) is 25.5 Å². The molecule has 0 heterocycles. The van der Waals surface area contributed by atoms with E-state index in [-0.39, 0.29) is 6.04 Å². The van der Waals surface area contributed by atoms with Gasteiger partial charge in [0.05, 0.1) is 0 Å². The van der Waals surface area contributed by atoms with E-state index in [2.05, 4.69) is 19.2 Å². The molecule has 1 unspecified atom stereocenters. The first-order valence-electron chi connectivity index (χ1n) is 4.95. The van der Waals surface area contributed by atoms with Gasteiger partial charge in [0, 0.05) is 28.7 Å². The second-order valence-corrected chi connectivity index (χ2v) is 4.62. The molecule has 1 aromatic rings. The lowest BCUT2D eigenvalue weighted by molar-refractivity contribution is 0.484. The summed E-state index contributed by atoms with van der Waals surface area (Å²) < 4.78 is 0. The standard InChI is InChI=1S/C11H16Cl2N2/c1-7(2)15-11(6-14)9-5-8(12)3-4-10(9)13/h3-5,7,11,15H,6,14H2,1-2H3. The molecule has 1 atom stereocenters. The highest BCUT2D eigenvalue weighted by molar-refractivity contribution is 6.33. The van der Waals surface area contributed by atoms with Gasteiger partial charge in [-0.15, -0.1) is 0 Å². The molecule has 0 radical (unpaired) electrons. The molecule has 15 heavy (non-hydrogen) atoms. The molecule has 0 saturated heterocycles. The molecule has 0 saturated carbocycles. The average Bonchev–Trinajstić information content (AvgIpc) is 2.18. The average molecular weight is 247 g/mol. The molecule has 0 amide bonds. The molecule has 0 fully saturated rings. The predicted molar refractivity (Wildman–Crippen MR) is 66.5 cm³/mol. The van der Waals surface area contributed by atoms with Crippen LogP contribution in [0.5, 0.6) is 0 Å². The molecule has 84 valence electrons. The van der Waals surface area contributed by atoms with Crippen LogP contribution in [-0.4, -0.2) is 12.6 Å². The summed E-state index contributed by atoms with van der Waals surface area (Å²) >= 11 is 12.0. The second-order valence-electron chi connectivity index (χ2n) is 3.78. The van der Waals surface area contributed by atoms with Crippen molar-refractivity contribution in [1.29, 1.82) is 0 Å². The smallest absolute Gasteiger partial charge is 0.0461 e. The van der Waals surface area contributed by atoms with Gasteiger partial charge in [-0.2, -0.15) is 0 Å². The van der Waals surface area contributed by atoms with E-state index in [1.165, 1.54) is 0 Å². The zero-order valence-electron chi connectivity index (χ0n) is 8.93. The van der Waals surface area contributed by atoms with E-state index in [9.17, 15) is 0 Å². The summed E-state index contributed by atoms with van der Waals surface area (Å²) in [5.41, 5.74) is 6.67. The van der Waals surface area contributed by atoms with Crippen LogP contribution in [0, 0.1) is 0 Å². The molecule has 0 aliphatic carbocycles. The second kappa shape index (κ2) is 5.71. The van der Waals surface area contributed by atoms with E-state index >= 15 is 0 Å². The van der Waals surface area contributed by atoms with Crippen LogP contribution in [0.15, 0.2) is 18.2 Å². The van der Waals surface area contributed by atoms with Gasteiger partial charge in [-0.05, 0) is 23.8 Å². The Morgan fingerprint density at radius 3 is 2.53 bits per heavy atom. The fourth-order valence-corrected chi connectivity index (χ4v) is 1.90. The monoisotopic (exact) mass is 246 g/mol. The lowest BCUT2D eigenvalue weighted by Gasteiger charge is -2.21. The quantitative estimate of drug-likeness (QED) is 0.858. The summed E-state index contributed by atoms with van der Waals surface area (Å²) in [6, 6.07) is 5.83. The summed E-state index contributed by atoms with van der Waals surface area (Å²) in [6.45, 7) is 4.64. The van der Waals surface area contributed by atoms with Crippen LogP contribution in [0.25, 0.3) is 0 Å². The van der Waals surface area contributed by atoms with E-state index < -0.39 is 0 Å². The van der Waals surface area contributed by atoms with Crippen LogP contribution in [0.4, 0.5) is 0 Å². The molecular formula is C11H16Cl2N2. The Kier molecular flexibility index (Phi) is 4.87. The van der Waals surface area contributed by atoms with Crippen LogP contribution in [-0.2, 0) is 0 Å². The highest BCUT2D eigenvalue weighted by atomic mass is 35.5. The first kappa shape index (κ1) is 12.8. The molecule has 0 aliphatic heterocycles. The molecule has 4 heteroatoms. The highest BCUT2D eigenvalue weighted by Crippen LogP contribution is 2.26. The fourth-order valence-electron chi connectivity index (χ4n) is 1.47. The number of nitrogens with two attached hydrogens (primary N) is 1. The van der Waals surface area contributed by atoms with Crippen molar-refractivity contribution in [2.24, 2.45) is 5.73 Å². The number of nitrogens with one attached hydrogen (secondary N) is 1. The fraction of sp³-hybridized carbons (Fsp3) is 0.455. The third-order valence-corrected chi connectivity index (χ3v) is 2.68. The van der Waals surface area contributed by atoms with E-state index in [0.29, 0.717) is 22.6 Å². The number of hydrogen-bond acceptors (Lipinski definition) is 2. The first-order valence-corrected chi connectivity index (χ1v) is 5.71. The highest BCUT2D eigenvalue weighted by Gasteiger charge is 2.14. The van der Waals surface area contributed by atoms with Gasteiger partial charge < -0.3 is 11.1 Å². The molecule has 2 nitrogen and oxygen atoms in total. The summed E-state index contributed by atoms with van der Waals surface area (Å²) in [6.07, 6.45) is 0. The van der Waals surface area contributed by atoms with Gasteiger partial charge in [-0.1, -0.05) is 37.0 Å². The van der Waals surface area contributed by atoms with Gasteiger partial charge in [0.15, 0.2) is 0 Å². The lowest BCUT2D eigenvalue weighted by Crippen LogP contribution is -2.33. The Balaban J connectivity index is 2.95. The number of benzene rings is 1. The Morgan fingerprint density at radius 1 is 1.33 bits per heavy atom. The van der Waals surface area contributed by atoms with Crippen LogP contribution in [0.2, 0.25) is 10.0 Å². The van der Waals surface area contributed by atoms with Crippen molar-refractivity contribution in [1.82, 2.24) is 5.32 Å². The molecule has 0 aliphatic rings. The largest absolute Gasteiger partial charge is 0.329 e. The number of halogens is 2. The SMILES string of the molecule is CC(C)NC(CN)c1cc(Cl)ccc1Cl. The van der Waals surface area contributed by atoms with Crippen LogP contribution >= 0.6 is 23.2 Å². The summed E-state index contributed by atoms with van der Waals surface area (Å²) in [4.78, 5) is 0. The molecule has 1 aromatic carbocycles. The third kappa shape index (κ3) is 3.65. The van der Waals surface area contributed by atoms with Gasteiger partial charge in [-0.3, -0.25) is 0 Å². The van der Waals surface area contributed by atoms with Crippen LogP contribution in [0.3, 0.4) is 0 Å². The van der Waals surface area contributed by atoms with Gasteiger partial charge in [0.1, 0.15) is 0 Å². The van der Waals surface area contributed by atoms with Crippen molar-refractivity contribution in [2.75, 3.05) is 6.54 Å². The van der Waals surface area contributed by atoms with E-state index in [0.717, 1.165) is 5.56 Å². The Morgan fingerprint density at radius 2 is 2.00 bits per heavy atom. The van der Waals surface area contributed by atoms with Crippen molar-refractivity contribution in [3.63, 3.8) is 0 Å². The normalized spacial score (nSPS) is 13.2. The topological polar surface area (TPSA) is 38.0 Å². The molecule has 1 rings (SSSR count). The summed E-state index contributed by atoms with van der Waals surface area (Å²) in [5.74, 6) is 0. The van der Waals surface area contributed by atoms with E-state index in [1.807, 2.05) is 6.07 Å². The minimum Gasteiger partial charge on any atom is -0.329 e. The maximum atomic E-state index is 6.10. The summed E-state index contributed by atoms with van der Waals surface area (Å²) in [5, 5.41) is 4.72. The molecule has 0 spiro atoms. The number of rotatable bonds is 4. The Bertz CT molecular complexity index is 326. The van der Waals surface area contributed by atoms with Crippen molar-refractivity contribution in [3.8, 4) is 0 Å². The maximum Gasteiger partial charge on any atom is 0.0461 e. The molecule has 3 N–H and O–H groups in total.